The molecule has 1 saturated carbocycles. The van der Waals surface area contributed by atoms with Crippen LogP contribution in [0.5, 0.6) is 17.6 Å². The average Bonchev–Trinajstić information content (AvgIpc) is 3.64. The van der Waals surface area contributed by atoms with Crippen LogP contribution in [0.4, 0.5) is 19.0 Å². The van der Waals surface area contributed by atoms with Crippen molar-refractivity contribution < 1.29 is 46.9 Å². The van der Waals surface area contributed by atoms with Gasteiger partial charge < -0.3 is 34.3 Å². The number of alkyl halides is 3. The lowest BCUT2D eigenvalue weighted by Crippen LogP contribution is -2.46. The highest BCUT2D eigenvalue weighted by molar-refractivity contribution is 7.18. The van der Waals surface area contributed by atoms with E-state index in [0.29, 0.717) is 66.0 Å². The number of likely N-dealkylation sites (N-methyl/N-ethyl adjacent to an activating group) is 1. The maximum atomic E-state index is 13.1. The fourth-order valence-corrected chi connectivity index (χ4v) is 6.63. The Morgan fingerprint density at radius 3 is 2.44 bits per heavy atom. The number of anilines is 1. The summed E-state index contributed by atoms with van der Waals surface area (Å²) in [6.45, 7) is 1.26. The lowest BCUT2D eigenvalue weighted by molar-refractivity contribution is -0.930. The third-order valence-corrected chi connectivity index (χ3v) is 8.93. The van der Waals surface area contributed by atoms with E-state index in [2.05, 4.69) is 20.4 Å². The second kappa shape index (κ2) is 16.1. The Morgan fingerprint density at radius 2 is 1.79 bits per heavy atom. The summed E-state index contributed by atoms with van der Waals surface area (Å²) in [5, 5.41) is 19.6. The Balaban J connectivity index is 0.00000520. The smallest absolute Gasteiger partial charge is 0.488 e. The summed E-state index contributed by atoms with van der Waals surface area (Å²) >= 11 is 0.962. The fourth-order valence-electron chi connectivity index (χ4n) is 5.58. The Kier molecular flexibility index (Phi) is 12.5. The number of halogens is 4. The first-order valence-corrected chi connectivity index (χ1v) is 15.7. The molecule has 0 bridgehead atoms. The van der Waals surface area contributed by atoms with Crippen molar-refractivity contribution in [3.8, 4) is 28.9 Å². The standard InChI is InChI=1S/C31H38F3N6O6S.ClH/c1-39(27-22-14-21(16-31(32,33)34)47-28(22)37-30(36-27)44-4)24-12-20(13-25(24)41)35-17-18-6-8-19(9-7-18)23-15-26(43-3)29(40(38-23)45-5)46-11-10-42-2;/h6-9,14-15,20,24-25,35,41H,10-13,16-17H2,1-5H3;1H/q+1;/t20-,24+,25-;/m1./s1. The van der Waals surface area contributed by atoms with Gasteiger partial charge in [-0.3, -0.25) is 0 Å². The second-order valence-electron chi connectivity index (χ2n) is 11.0. The van der Waals surface area contributed by atoms with E-state index in [4.69, 9.17) is 23.8 Å². The molecule has 1 fully saturated rings. The number of aliphatic hydroxyl groups is 1. The zero-order valence-electron chi connectivity index (χ0n) is 27.1. The predicted molar refractivity (Wildman–Crippen MR) is 175 cm³/mol. The van der Waals surface area contributed by atoms with Crippen LogP contribution in [0.25, 0.3) is 21.5 Å². The molecule has 1 aliphatic carbocycles. The Morgan fingerprint density at radius 1 is 1.04 bits per heavy atom. The van der Waals surface area contributed by atoms with E-state index in [0.717, 1.165) is 22.5 Å². The minimum Gasteiger partial charge on any atom is -0.488 e. The van der Waals surface area contributed by atoms with Gasteiger partial charge in [0.15, 0.2) is 12.0 Å². The van der Waals surface area contributed by atoms with Crippen molar-refractivity contribution in [3.05, 3.63) is 46.8 Å². The molecule has 0 amide bonds. The van der Waals surface area contributed by atoms with Crippen molar-refractivity contribution in [1.29, 1.82) is 0 Å². The fraction of sp³-hybridized carbons (Fsp3) is 0.484. The van der Waals surface area contributed by atoms with Crippen LogP contribution < -0.4 is 34.1 Å². The van der Waals surface area contributed by atoms with Gasteiger partial charge in [0.2, 0.25) is 5.75 Å². The number of benzene rings is 1. The summed E-state index contributed by atoms with van der Waals surface area (Å²) in [5.74, 6) is 1.20. The molecule has 262 valence electrons. The predicted octanol–water partition coefficient (Wildman–Crippen LogP) is 3.79. The summed E-state index contributed by atoms with van der Waals surface area (Å²) in [4.78, 5) is 17.7. The molecule has 4 aromatic rings. The molecule has 3 heterocycles. The van der Waals surface area contributed by atoms with E-state index in [-0.39, 0.29) is 35.4 Å². The lowest BCUT2D eigenvalue weighted by atomic mass is 10.1. The van der Waals surface area contributed by atoms with Crippen LogP contribution in [0.15, 0.2) is 36.4 Å². The van der Waals surface area contributed by atoms with Crippen LogP contribution in [-0.2, 0) is 17.7 Å². The minimum atomic E-state index is -4.34. The molecule has 0 saturated heterocycles. The van der Waals surface area contributed by atoms with Crippen molar-refractivity contribution in [2.75, 3.05) is 53.6 Å². The van der Waals surface area contributed by atoms with Crippen molar-refractivity contribution in [2.24, 2.45) is 0 Å². The van der Waals surface area contributed by atoms with E-state index >= 15 is 0 Å². The number of ether oxygens (including phenoxy) is 4. The summed E-state index contributed by atoms with van der Waals surface area (Å²) in [6.07, 6.45) is -4.97. The highest BCUT2D eigenvalue weighted by atomic mass is 35.5. The van der Waals surface area contributed by atoms with Gasteiger partial charge in [-0.1, -0.05) is 24.3 Å². The average molecular weight is 716 g/mol. The quantitative estimate of drug-likeness (QED) is 0.147. The van der Waals surface area contributed by atoms with Gasteiger partial charge in [-0.15, -0.1) is 23.7 Å². The number of nitrogens with one attached hydrogen (secondary N) is 1. The topological polar surface area (TPSA) is 124 Å². The molecule has 1 aliphatic rings. The molecule has 3 aromatic heterocycles. The number of fused-ring (bicyclic) bond motifs is 1. The maximum absolute atomic E-state index is 13.1. The lowest BCUT2D eigenvalue weighted by Gasteiger charge is -2.28. The monoisotopic (exact) mass is 715 g/mol. The summed E-state index contributed by atoms with van der Waals surface area (Å²) in [5.41, 5.74) is 2.50. The number of rotatable bonds is 14. The highest BCUT2D eigenvalue weighted by Gasteiger charge is 2.37. The molecule has 12 nitrogen and oxygen atoms in total. The van der Waals surface area contributed by atoms with Crippen LogP contribution in [0.3, 0.4) is 0 Å². The van der Waals surface area contributed by atoms with Gasteiger partial charge in [0, 0.05) is 43.3 Å². The maximum Gasteiger partial charge on any atom is 0.490 e. The van der Waals surface area contributed by atoms with Gasteiger partial charge in [0.25, 0.3) is 0 Å². The van der Waals surface area contributed by atoms with Crippen molar-refractivity contribution in [2.45, 2.75) is 50.2 Å². The van der Waals surface area contributed by atoms with E-state index in [1.165, 1.54) is 25.1 Å². The minimum absolute atomic E-state index is 0. The van der Waals surface area contributed by atoms with Gasteiger partial charge >= 0.3 is 18.1 Å². The highest BCUT2D eigenvalue weighted by Crippen LogP contribution is 2.37. The zero-order valence-corrected chi connectivity index (χ0v) is 28.7. The molecule has 5 rings (SSSR count). The first kappa shape index (κ1) is 37.1. The molecular weight excluding hydrogens is 677 g/mol. The number of hydrogen-bond acceptors (Lipinski definition) is 12. The number of nitrogens with zero attached hydrogens (tertiary/aromatic N) is 5. The van der Waals surface area contributed by atoms with Crippen LogP contribution in [0.2, 0.25) is 0 Å². The number of hydrogen-bond donors (Lipinski definition) is 2. The van der Waals surface area contributed by atoms with Gasteiger partial charge in [-0.05, 0) is 24.5 Å². The third-order valence-electron chi connectivity index (χ3n) is 7.90. The molecule has 0 aliphatic heterocycles. The molecule has 2 N–H and O–H groups in total. The molecule has 48 heavy (non-hydrogen) atoms. The molecule has 3 atom stereocenters. The number of aliphatic hydroxyl groups excluding tert-OH is 1. The van der Waals surface area contributed by atoms with Crippen LogP contribution in [0, 0.1) is 0 Å². The van der Waals surface area contributed by atoms with Crippen LogP contribution >= 0.6 is 23.7 Å². The van der Waals surface area contributed by atoms with Crippen molar-refractivity contribution in [3.63, 3.8) is 0 Å². The van der Waals surface area contributed by atoms with Gasteiger partial charge in [0.1, 0.15) is 22.9 Å². The summed E-state index contributed by atoms with van der Waals surface area (Å²) < 4.78 is 60.8. The summed E-state index contributed by atoms with van der Waals surface area (Å²) in [7, 11) is 7.81. The molecule has 0 radical (unpaired) electrons. The number of methoxy groups -OCH3 is 3. The Bertz CT molecular complexity index is 1640. The van der Waals surface area contributed by atoms with E-state index in [1.807, 2.05) is 29.2 Å². The Hall–Kier alpha value is -3.70. The first-order valence-electron chi connectivity index (χ1n) is 14.9. The van der Waals surface area contributed by atoms with Gasteiger partial charge in [-0.2, -0.15) is 23.1 Å². The number of aromatic nitrogens is 4. The molecule has 1 aromatic carbocycles. The number of thiophene rings is 1. The van der Waals surface area contributed by atoms with Gasteiger partial charge in [0.05, 0.1) is 49.9 Å². The van der Waals surface area contributed by atoms with Gasteiger partial charge in [-0.25, -0.2) is 4.84 Å². The van der Waals surface area contributed by atoms with Crippen molar-refractivity contribution >= 4 is 39.8 Å². The van der Waals surface area contributed by atoms with Crippen molar-refractivity contribution in [1.82, 2.24) is 20.4 Å². The van der Waals surface area contributed by atoms with E-state index < -0.39 is 18.7 Å². The first-order chi connectivity index (χ1) is 22.5. The zero-order chi connectivity index (χ0) is 33.7. The SMILES string of the molecule is COCCOc1c(OC)cc(-c2ccc(CN[C@H]3C[C@@H](O)[C@@H](N(C)c4nc(OC)nc5sc(CC(F)(F)F)cc45)C3)cc2)n[n+]1OC.Cl. The third kappa shape index (κ3) is 8.66. The molecule has 17 heteroatoms. The normalized spacial score (nSPS) is 17.6. The van der Waals surface area contributed by atoms with E-state index in [1.54, 1.807) is 27.3 Å². The second-order valence-corrected chi connectivity index (χ2v) is 12.2. The largest absolute Gasteiger partial charge is 0.490 e. The molecule has 0 spiro atoms. The van der Waals surface area contributed by atoms with Crippen LogP contribution in [0.1, 0.15) is 23.3 Å². The summed E-state index contributed by atoms with van der Waals surface area (Å²) in [6, 6.07) is 10.9. The van der Waals surface area contributed by atoms with E-state index in [9.17, 15) is 18.3 Å². The Labute approximate surface area is 286 Å². The molecular formula is C31H39ClF3N6O6S+. The molecule has 0 unspecified atom stereocenters. The van der Waals surface area contributed by atoms with Crippen LogP contribution in [-0.4, -0.2) is 93.2 Å².